The summed E-state index contributed by atoms with van der Waals surface area (Å²) in [6, 6.07) is 13.3. The molecule has 0 radical (unpaired) electrons. The van der Waals surface area contributed by atoms with Gasteiger partial charge in [0.05, 0.1) is 25.7 Å². The number of likely N-dealkylation sites (N-methyl/N-ethyl adjacent to an activating group) is 1. The van der Waals surface area contributed by atoms with Crippen molar-refractivity contribution in [3.63, 3.8) is 0 Å². The lowest BCUT2D eigenvalue weighted by atomic mass is 10.1. The van der Waals surface area contributed by atoms with Gasteiger partial charge >= 0.3 is 0 Å². The van der Waals surface area contributed by atoms with Crippen LogP contribution >= 0.6 is 11.8 Å². The highest BCUT2D eigenvalue weighted by atomic mass is 32.2. The number of hydrogen-bond acceptors (Lipinski definition) is 7. The van der Waals surface area contributed by atoms with Gasteiger partial charge < -0.3 is 14.8 Å². The van der Waals surface area contributed by atoms with Gasteiger partial charge in [0, 0.05) is 19.6 Å². The number of nitrogens with zero attached hydrogens (tertiary/aromatic N) is 2. The standard InChI is InChI=1S/C25H29N3O5S/c1-17-7-5-6-8-19(17)15-27(2)16-23(29)26-11-12-28-24(30)22(34-25(28)31)14-18-9-10-20(32-3)21(13-18)33-4/h5-10,13-14H,11-12,15-16H2,1-4H3,(H,26,29). The van der Waals surface area contributed by atoms with Crippen LogP contribution in [0.3, 0.4) is 0 Å². The Morgan fingerprint density at radius 2 is 1.85 bits per heavy atom. The molecule has 180 valence electrons. The SMILES string of the molecule is COc1ccc(C=C2SC(=O)N(CCNC(=O)CN(C)Cc3ccccc3C)C2=O)cc1OC. The van der Waals surface area contributed by atoms with Crippen molar-refractivity contribution in [2.24, 2.45) is 0 Å². The molecule has 0 atom stereocenters. The van der Waals surface area contributed by atoms with Crippen LogP contribution in [0.25, 0.3) is 6.08 Å². The Bertz CT molecular complexity index is 1100. The molecule has 1 saturated heterocycles. The Hall–Kier alpha value is -3.30. The van der Waals surface area contributed by atoms with Gasteiger partial charge in [-0.1, -0.05) is 30.3 Å². The van der Waals surface area contributed by atoms with Crippen molar-refractivity contribution in [2.45, 2.75) is 13.5 Å². The van der Waals surface area contributed by atoms with Crippen molar-refractivity contribution in [3.05, 3.63) is 64.1 Å². The minimum atomic E-state index is -0.379. The van der Waals surface area contributed by atoms with Crippen LogP contribution in [0.2, 0.25) is 0 Å². The van der Waals surface area contributed by atoms with Crippen molar-refractivity contribution in [3.8, 4) is 11.5 Å². The van der Waals surface area contributed by atoms with Crippen LogP contribution in [0.4, 0.5) is 4.79 Å². The van der Waals surface area contributed by atoms with E-state index in [0.717, 1.165) is 22.2 Å². The van der Waals surface area contributed by atoms with E-state index in [2.05, 4.69) is 5.32 Å². The summed E-state index contributed by atoms with van der Waals surface area (Å²) in [5, 5.41) is 2.43. The van der Waals surface area contributed by atoms with E-state index in [1.807, 2.05) is 43.1 Å². The number of hydrogen-bond donors (Lipinski definition) is 1. The summed E-state index contributed by atoms with van der Waals surface area (Å²) in [7, 11) is 4.95. The molecule has 0 bridgehead atoms. The van der Waals surface area contributed by atoms with E-state index in [1.54, 1.807) is 31.4 Å². The topological polar surface area (TPSA) is 88.2 Å². The first-order valence-electron chi connectivity index (χ1n) is 10.8. The van der Waals surface area contributed by atoms with E-state index >= 15 is 0 Å². The third-order valence-electron chi connectivity index (χ3n) is 5.35. The molecule has 34 heavy (non-hydrogen) atoms. The molecule has 0 saturated carbocycles. The highest BCUT2D eigenvalue weighted by molar-refractivity contribution is 8.18. The summed E-state index contributed by atoms with van der Waals surface area (Å²) < 4.78 is 10.5. The van der Waals surface area contributed by atoms with Gasteiger partial charge in [0.2, 0.25) is 5.91 Å². The second-order valence-electron chi connectivity index (χ2n) is 7.90. The molecular formula is C25H29N3O5S. The van der Waals surface area contributed by atoms with Crippen molar-refractivity contribution in [1.29, 1.82) is 0 Å². The molecule has 1 fully saturated rings. The predicted molar refractivity (Wildman–Crippen MR) is 133 cm³/mol. The summed E-state index contributed by atoms with van der Waals surface area (Å²) in [4.78, 5) is 40.8. The zero-order valence-corrected chi connectivity index (χ0v) is 20.6. The number of ether oxygens (including phenoxy) is 2. The van der Waals surface area contributed by atoms with Gasteiger partial charge in [-0.15, -0.1) is 0 Å². The summed E-state index contributed by atoms with van der Waals surface area (Å²) >= 11 is 0.878. The number of nitrogens with one attached hydrogen (secondary N) is 1. The molecule has 2 aromatic carbocycles. The summed E-state index contributed by atoms with van der Waals surface area (Å²) in [6.07, 6.45) is 1.64. The first-order valence-corrected chi connectivity index (χ1v) is 11.6. The molecule has 1 heterocycles. The number of carbonyl (C=O) groups is 3. The number of amides is 3. The molecular weight excluding hydrogens is 454 g/mol. The molecule has 1 aliphatic rings. The third kappa shape index (κ3) is 6.39. The molecule has 1 aliphatic heterocycles. The first-order chi connectivity index (χ1) is 16.3. The number of thioether (sulfide) groups is 1. The number of rotatable bonds is 10. The third-order valence-corrected chi connectivity index (χ3v) is 6.26. The van der Waals surface area contributed by atoms with E-state index in [-0.39, 0.29) is 36.7 Å². The monoisotopic (exact) mass is 483 g/mol. The van der Waals surface area contributed by atoms with Gasteiger partial charge in [0.1, 0.15) is 0 Å². The Labute approximate surface area is 203 Å². The van der Waals surface area contributed by atoms with Crippen molar-refractivity contribution < 1.29 is 23.9 Å². The minimum absolute atomic E-state index is 0.112. The molecule has 9 heteroatoms. The van der Waals surface area contributed by atoms with Gasteiger partial charge in [-0.05, 0) is 60.6 Å². The van der Waals surface area contributed by atoms with E-state index < -0.39 is 0 Å². The minimum Gasteiger partial charge on any atom is -0.493 e. The quantitative estimate of drug-likeness (QED) is 0.519. The van der Waals surface area contributed by atoms with Crippen LogP contribution in [0.15, 0.2) is 47.4 Å². The van der Waals surface area contributed by atoms with Crippen LogP contribution in [-0.4, -0.2) is 67.8 Å². The van der Waals surface area contributed by atoms with Gasteiger partial charge in [-0.2, -0.15) is 0 Å². The zero-order chi connectivity index (χ0) is 24.7. The maximum atomic E-state index is 12.7. The Kier molecular flexibility index (Phi) is 8.72. The molecule has 0 spiro atoms. The lowest BCUT2D eigenvalue weighted by Gasteiger charge is -2.18. The average Bonchev–Trinajstić information content (AvgIpc) is 3.07. The van der Waals surface area contributed by atoms with Gasteiger partial charge in [0.25, 0.3) is 11.1 Å². The van der Waals surface area contributed by atoms with Crippen LogP contribution in [-0.2, 0) is 16.1 Å². The predicted octanol–water partition coefficient (Wildman–Crippen LogP) is 3.30. The van der Waals surface area contributed by atoms with E-state index in [1.165, 1.54) is 12.7 Å². The fourth-order valence-corrected chi connectivity index (χ4v) is 4.39. The first kappa shape index (κ1) is 25.3. The van der Waals surface area contributed by atoms with E-state index in [4.69, 9.17) is 9.47 Å². The summed E-state index contributed by atoms with van der Waals surface area (Å²) in [5.41, 5.74) is 3.06. The lowest BCUT2D eigenvalue weighted by molar-refractivity contribution is -0.124. The Morgan fingerprint density at radius 1 is 1.12 bits per heavy atom. The molecule has 2 aromatic rings. The number of benzene rings is 2. The molecule has 0 aromatic heterocycles. The Morgan fingerprint density at radius 3 is 2.56 bits per heavy atom. The highest BCUT2D eigenvalue weighted by Gasteiger charge is 2.34. The maximum absolute atomic E-state index is 12.7. The molecule has 0 unspecified atom stereocenters. The molecule has 3 amide bonds. The second-order valence-corrected chi connectivity index (χ2v) is 8.89. The van der Waals surface area contributed by atoms with E-state index in [0.29, 0.717) is 28.5 Å². The van der Waals surface area contributed by atoms with Crippen molar-refractivity contribution in [1.82, 2.24) is 15.1 Å². The van der Waals surface area contributed by atoms with Gasteiger partial charge in [-0.25, -0.2) is 0 Å². The smallest absolute Gasteiger partial charge is 0.293 e. The fraction of sp³-hybridized carbons (Fsp3) is 0.320. The van der Waals surface area contributed by atoms with Crippen LogP contribution in [0.5, 0.6) is 11.5 Å². The molecule has 3 rings (SSSR count). The summed E-state index contributed by atoms with van der Waals surface area (Å²) in [5.74, 6) is 0.568. The molecule has 8 nitrogen and oxygen atoms in total. The zero-order valence-electron chi connectivity index (χ0n) is 19.8. The largest absolute Gasteiger partial charge is 0.493 e. The van der Waals surface area contributed by atoms with Crippen molar-refractivity contribution >= 4 is 34.9 Å². The Balaban J connectivity index is 1.51. The maximum Gasteiger partial charge on any atom is 0.293 e. The lowest BCUT2D eigenvalue weighted by Crippen LogP contribution is -2.40. The normalized spacial score (nSPS) is 14.7. The van der Waals surface area contributed by atoms with Gasteiger partial charge in [-0.3, -0.25) is 24.2 Å². The molecule has 0 aliphatic carbocycles. The number of imide groups is 1. The number of methoxy groups -OCH3 is 2. The fourth-order valence-electron chi connectivity index (χ4n) is 3.53. The van der Waals surface area contributed by atoms with Crippen LogP contribution in [0.1, 0.15) is 16.7 Å². The number of carbonyl (C=O) groups excluding carboxylic acids is 3. The summed E-state index contributed by atoms with van der Waals surface area (Å²) in [6.45, 7) is 3.22. The molecule has 1 N–H and O–H groups in total. The second kappa shape index (κ2) is 11.7. The van der Waals surface area contributed by atoms with Crippen LogP contribution in [0, 0.1) is 6.92 Å². The average molecular weight is 484 g/mol. The van der Waals surface area contributed by atoms with Crippen LogP contribution < -0.4 is 14.8 Å². The highest BCUT2D eigenvalue weighted by Crippen LogP contribution is 2.34. The van der Waals surface area contributed by atoms with E-state index in [9.17, 15) is 14.4 Å². The van der Waals surface area contributed by atoms with Crippen molar-refractivity contribution in [2.75, 3.05) is 40.9 Å². The van der Waals surface area contributed by atoms with Gasteiger partial charge in [0.15, 0.2) is 11.5 Å². The number of aryl methyl sites for hydroxylation is 1.